The van der Waals surface area contributed by atoms with Crippen LogP contribution in [0, 0.1) is 0 Å². The first kappa shape index (κ1) is 9.79. The summed E-state index contributed by atoms with van der Waals surface area (Å²) in [6, 6.07) is 5.42. The van der Waals surface area contributed by atoms with Crippen molar-refractivity contribution in [2.75, 3.05) is 13.8 Å². The van der Waals surface area contributed by atoms with Crippen molar-refractivity contribution in [3.63, 3.8) is 0 Å². The molecule has 0 bridgehead atoms. The summed E-state index contributed by atoms with van der Waals surface area (Å²) in [5.41, 5.74) is 0.863. The van der Waals surface area contributed by atoms with E-state index in [2.05, 4.69) is 0 Å². The molecule has 1 aromatic rings. The summed E-state index contributed by atoms with van der Waals surface area (Å²) in [5.74, 6) is 6.58. The Balaban J connectivity index is 2.13. The average Bonchev–Trinajstić information content (AvgIpc) is 2.64. The number of benzene rings is 1. The molecule has 1 heterocycles. The second-order valence-corrected chi connectivity index (χ2v) is 3.37. The van der Waals surface area contributed by atoms with E-state index < -0.39 is 0 Å². The summed E-state index contributed by atoms with van der Waals surface area (Å²) in [6.45, 7) is 0.240. The number of hydrazine groups is 1. The van der Waals surface area contributed by atoms with Crippen molar-refractivity contribution in [3.8, 4) is 11.5 Å². The van der Waals surface area contributed by atoms with Crippen LogP contribution in [0.4, 0.5) is 0 Å². The van der Waals surface area contributed by atoms with Crippen LogP contribution in [0.5, 0.6) is 11.5 Å². The lowest BCUT2D eigenvalue weighted by Crippen LogP contribution is -2.34. The highest BCUT2D eigenvalue weighted by Crippen LogP contribution is 2.32. The highest BCUT2D eigenvalue weighted by Gasteiger charge is 2.14. The Morgan fingerprint density at radius 2 is 2.20 bits per heavy atom. The zero-order valence-corrected chi connectivity index (χ0v) is 8.40. The Bertz CT molecular complexity index is 390. The van der Waals surface area contributed by atoms with Gasteiger partial charge in [-0.25, -0.2) is 5.84 Å². The van der Waals surface area contributed by atoms with Crippen LogP contribution in [0.25, 0.3) is 0 Å². The molecular weight excluding hydrogens is 196 g/mol. The summed E-state index contributed by atoms with van der Waals surface area (Å²) in [7, 11) is 1.52. The van der Waals surface area contributed by atoms with Gasteiger partial charge in [-0.3, -0.25) is 9.80 Å². The van der Waals surface area contributed by atoms with E-state index in [1.165, 1.54) is 7.05 Å². The number of nitrogens with zero attached hydrogens (tertiary/aromatic N) is 1. The van der Waals surface area contributed by atoms with Crippen molar-refractivity contribution in [2.45, 2.75) is 6.42 Å². The molecule has 80 valence electrons. The molecule has 0 aliphatic carbocycles. The van der Waals surface area contributed by atoms with Gasteiger partial charge in [-0.2, -0.15) is 0 Å². The highest BCUT2D eigenvalue weighted by molar-refractivity contribution is 5.78. The lowest BCUT2D eigenvalue weighted by atomic mass is 10.1. The number of amides is 1. The second kappa shape index (κ2) is 3.78. The number of carbonyl (C=O) groups excluding carboxylic acids is 1. The number of ether oxygens (including phenoxy) is 2. The monoisotopic (exact) mass is 208 g/mol. The van der Waals surface area contributed by atoms with Gasteiger partial charge in [0.25, 0.3) is 0 Å². The van der Waals surface area contributed by atoms with E-state index in [0.717, 1.165) is 10.6 Å². The number of rotatable bonds is 2. The lowest BCUT2D eigenvalue weighted by Gasteiger charge is -2.09. The van der Waals surface area contributed by atoms with Crippen LogP contribution in [-0.2, 0) is 11.2 Å². The third kappa shape index (κ3) is 2.02. The summed E-state index contributed by atoms with van der Waals surface area (Å²) in [5, 5.41) is 1.07. The molecule has 0 spiro atoms. The SMILES string of the molecule is CN(N)C(=O)Cc1ccc2c(c1)OCO2. The molecular formula is C10H12N2O3. The molecule has 0 aromatic heterocycles. The van der Waals surface area contributed by atoms with Crippen LogP contribution in [-0.4, -0.2) is 24.8 Å². The summed E-state index contributed by atoms with van der Waals surface area (Å²) >= 11 is 0. The van der Waals surface area contributed by atoms with Crippen LogP contribution in [0.1, 0.15) is 5.56 Å². The molecule has 0 fully saturated rings. The molecule has 1 amide bonds. The van der Waals surface area contributed by atoms with Gasteiger partial charge in [0.2, 0.25) is 12.7 Å². The first-order valence-corrected chi connectivity index (χ1v) is 4.56. The summed E-state index contributed by atoms with van der Waals surface area (Å²) < 4.78 is 10.4. The molecule has 1 aromatic carbocycles. The molecule has 2 rings (SSSR count). The van der Waals surface area contributed by atoms with Gasteiger partial charge < -0.3 is 9.47 Å². The average molecular weight is 208 g/mol. The van der Waals surface area contributed by atoms with E-state index in [4.69, 9.17) is 15.3 Å². The Morgan fingerprint density at radius 3 is 2.93 bits per heavy atom. The fourth-order valence-electron chi connectivity index (χ4n) is 1.35. The van der Waals surface area contributed by atoms with Crippen LogP contribution in [0.15, 0.2) is 18.2 Å². The number of nitrogens with two attached hydrogens (primary N) is 1. The molecule has 1 aliphatic rings. The fourth-order valence-corrected chi connectivity index (χ4v) is 1.35. The number of likely N-dealkylation sites (N-methyl/N-ethyl adjacent to an activating group) is 1. The van der Waals surface area contributed by atoms with Crippen molar-refractivity contribution in [2.24, 2.45) is 5.84 Å². The fraction of sp³-hybridized carbons (Fsp3) is 0.300. The van der Waals surface area contributed by atoms with Gasteiger partial charge in [0.05, 0.1) is 6.42 Å². The number of hydrogen-bond acceptors (Lipinski definition) is 4. The van der Waals surface area contributed by atoms with Crippen molar-refractivity contribution in [3.05, 3.63) is 23.8 Å². The maximum atomic E-state index is 11.3. The van der Waals surface area contributed by atoms with Crippen LogP contribution < -0.4 is 15.3 Å². The van der Waals surface area contributed by atoms with E-state index in [1.807, 2.05) is 6.07 Å². The van der Waals surface area contributed by atoms with Crippen LogP contribution in [0.2, 0.25) is 0 Å². The Morgan fingerprint density at radius 1 is 1.47 bits per heavy atom. The van der Waals surface area contributed by atoms with Gasteiger partial charge in [-0.15, -0.1) is 0 Å². The molecule has 15 heavy (non-hydrogen) atoms. The van der Waals surface area contributed by atoms with Gasteiger partial charge in [0.15, 0.2) is 11.5 Å². The minimum atomic E-state index is -0.145. The van der Waals surface area contributed by atoms with E-state index in [-0.39, 0.29) is 19.1 Å². The van der Waals surface area contributed by atoms with E-state index >= 15 is 0 Å². The topological polar surface area (TPSA) is 64.8 Å². The predicted molar refractivity (Wildman–Crippen MR) is 53.2 cm³/mol. The zero-order valence-electron chi connectivity index (χ0n) is 8.40. The highest BCUT2D eigenvalue weighted by atomic mass is 16.7. The van der Waals surface area contributed by atoms with Gasteiger partial charge in [0.1, 0.15) is 0 Å². The van der Waals surface area contributed by atoms with Crippen LogP contribution in [0.3, 0.4) is 0 Å². The van der Waals surface area contributed by atoms with Gasteiger partial charge >= 0.3 is 0 Å². The van der Waals surface area contributed by atoms with Crippen molar-refractivity contribution >= 4 is 5.91 Å². The smallest absolute Gasteiger partial charge is 0.240 e. The zero-order chi connectivity index (χ0) is 10.8. The van der Waals surface area contributed by atoms with E-state index in [0.29, 0.717) is 11.5 Å². The van der Waals surface area contributed by atoms with Crippen molar-refractivity contribution in [1.82, 2.24) is 5.01 Å². The standard InChI is InChI=1S/C10H12N2O3/c1-12(11)10(13)5-7-2-3-8-9(4-7)15-6-14-8/h2-4H,5-6,11H2,1H3. The third-order valence-electron chi connectivity index (χ3n) is 2.19. The Hall–Kier alpha value is -1.75. The predicted octanol–water partition coefficient (Wildman–Crippen LogP) is 0.290. The van der Waals surface area contributed by atoms with Crippen molar-refractivity contribution in [1.29, 1.82) is 0 Å². The molecule has 0 radical (unpaired) electrons. The first-order chi connectivity index (χ1) is 7.16. The molecule has 5 nitrogen and oxygen atoms in total. The number of carbonyl (C=O) groups is 1. The van der Waals surface area contributed by atoms with Crippen molar-refractivity contribution < 1.29 is 14.3 Å². The Labute approximate surface area is 87.3 Å². The largest absolute Gasteiger partial charge is 0.454 e. The van der Waals surface area contributed by atoms with Gasteiger partial charge in [0, 0.05) is 7.05 Å². The maximum Gasteiger partial charge on any atom is 0.240 e. The quantitative estimate of drug-likeness (QED) is 0.431. The molecule has 0 saturated heterocycles. The number of fused-ring (bicyclic) bond motifs is 1. The van der Waals surface area contributed by atoms with Gasteiger partial charge in [-0.05, 0) is 17.7 Å². The minimum absolute atomic E-state index is 0.145. The molecule has 1 aliphatic heterocycles. The van der Waals surface area contributed by atoms with E-state index in [1.54, 1.807) is 12.1 Å². The maximum absolute atomic E-state index is 11.3. The molecule has 5 heteroatoms. The summed E-state index contributed by atoms with van der Waals surface area (Å²) in [4.78, 5) is 11.3. The third-order valence-corrected chi connectivity index (χ3v) is 2.19. The van der Waals surface area contributed by atoms with E-state index in [9.17, 15) is 4.79 Å². The van der Waals surface area contributed by atoms with Crippen LogP contribution >= 0.6 is 0 Å². The molecule has 0 saturated carbocycles. The Kier molecular flexibility index (Phi) is 2.47. The summed E-state index contributed by atoms with van der Waals surface area (Å²) in [6.07, 6.45) is 0.267. The number of hydrogen-bond donors (Lipinski definition) is 1. The first-order valence-electron chi connectivity index (χ1n) is 4.56. The molecule has 0 atom stereocenters. The molecule has 2 N–H and O–H groups in total. The minimum Gasteiger partial charge on any atom is -0.454 e. The lowest BCUT2D eigenvalue weighted by molar-refractivity contribution is -0.129. The molecule has 0 unspecified atom stereocenters. The van der Waals surface area contributed by atoms with Gasteiger partial charge in [-0.1, -0.05) is 6.07 Å². The second-order valence-electron chi connectivity index (χ2n) is 3.37. The normalized spacial score (nSPS) is 12.7.